The van der Waals surface area contributed by atoms with Crippen LogP contribution in [-0.2, 0) is 10.0 Å². The molecular weight excluding hydrogens is 352 g/mol. The zero-order valence-corrected chi connectivity index (χ0v) is 16.4. The minimum Gasteiger partial charge on any atom is -0.497 e. The van der Waals surface area contributed by atoms with Gasteiger partial charge < -0.3 is 10.1 Å². The van der Waals surface area contributed by atoms with Gasteiger partial charge in [-0.15, -0.1) is 0 Å². The van der Waals surface area contributed by atoms with Gasteiger partial charge in [0.2, 0.25) is 5.96 Å². The molecule has 1 aliphatic heterocycles. The molecule has 7 nitrogen and oxygen atoms in total. The maximum Gasteiger partial charge on any atom is 0.264 e. The van der Waals surface area contributed by atoms with Crippen LogP contribution in [0.25, 0.3) is 0 Å². The Kier molecular flexibility index (Phi) is 5.72. The van der Waals surface area contributed by atoms with Crippen molar-refractivity contribution >= 4 is 16.0 Å². The Morgan fingerprint density at radius 3 is 2.58 bits per heavy atom. The summed E-state index contributed by atoms with van der Waals surface area (Å²) in [7, 11) is -2.12. The Balaban J connectivity index is 1.63. The zero-order valence-electron chi connectivity index (χ0n) is 15.6. The number of aliphatic imine (C=N–C) groups is 1. The molecule has 1 aromatic rings. The number of nitrogens with zero attached hydrogens (tertiary/aromatic N) is 2. The number of ether oxygens (including phenoxy) is 1. The lowest BCUT2D eigenvalue weighted by Crippen LogP contribution is -2.55. The SMILES string of the molecule is COc1ccc(S(=O)(=O)NC2=NCN([C@@H]3CCC[C@H](C)[C@H]3C)CN2)cc1. The Labute approximate surface area is 155 Å². The van der Waals surface area contributed by atoms with Crippen LogP contribution in [-0.4, -0.2) is 45.8 Å². The summed E-state index contributed by atoms with van der Waals surface area (Å²) in [5.74, 6) is 2.25. The highest BCUT2D eigenvalue weighted by Crippen LogP contribution is 2.32. The van der Waals surface area contributed by atoms with Crippen LogP contribution in [0.15, 0.2) is 34.2 Å². The van der Waals surface area contributed by atoms with E-state index < -0.39 is 10.0 Å². The van der Waals surface area contributed by atoms with E-state index in [2.05, 4.69) is 33.8 Å². The van der Waals surface area contributed by atoms with Crippen LogP contribution in [0.5, 0.6) is 5.75 Å². The first-order valence-electron chi connectivity index (χ1n) is 9.10. The molecule has 3 atom stereocenters. The van der Waals surface area contributed by atoms with Gasteiger partial charge >= 0.3 is 0 Å². The first-order chi connectivity index (χ1) is 12.4. The van der Waals surface area contributed by atoms with Crippen molar-refractivity contribution in [1.82, 2.24) is 14.9 Å². The average molecular weight is 381 g/mol. The molecule has 1 heterocycles. The Hall–Kier alpha value is -1.80. The van der Waals surface area contributed by atoms with E-state index in [-0.39, 0.29) is 4.90 Å². The number of hydrogen-bond donors (Lipinski definition) is 2. The number of guanidine groups is 1. The molecular formula is C18H28N4O3S. The molecule has 8 heteroatoms. The number of nitrogens with one attached hydrogen (secondary N) is 2. The van der Waals surface area contributed by atoms with Gasteiger partial charge in [0.05, 0.1) is 25.3 Å². The van der Waals surface area contributed by atoms with E-state index in [0.29, 0.717) is 42.9 Å². The quantitative estimate of drug-likeness (QED) is 0.835. The second-order valence-electron chi connectivity index (χ2n) is 7.19. The molecule has 0 unspecified atom stereocenters. The van der Waals surface area contributed by atoms with Crippen molar-refractivity contribution in [3.8, 4) is 5.75 Å². The van der Waals surface area contributed by atoms with E-state index >= 15 is 0 Å². The van der Waals surface area contributed by atoms with Crippen molar-refractivity contribution < 1.29 is 13.2 Å². The highest BCUT2D eigenvalue weighted by molar-refractivity contribution is 7.90. The minimum absolute atomic E-state index is 0.181. The molecule has 144 valence electrons. The van der Waals surface area contributed by atoms with Gasteiger partial charge in [-0.1, -0.05) is 26.7 Å². The highest BCUT2D eigenvalue weighted by atomic mass is 32.2. The minimum atomic E-state index is -3.66. The van der Waals surface area contributed by atoms with E-state index in [1.54, 1.807) is 19.2 Å². The fourth-order valence-electron chi connectivity index (χ4n) is 3.74. The molecule has 0 bridgehead atoms. The third-order valence-corrected chi connectivity index (χ3v) is 6.95. The molecule has 1 saturated carbocycles. The summed E-state index contributed by atoms with van der Waals surface area (Å²) in [6.07, 6.45) is 3.71. The number of hydrogen-bond acceptors (Lipinski definition) is 6. The highest BCUT2D eigenvalue weighted by Gasteiger charge is 2.32. The maximum absolute atomic E-state index is 12.5. The Morgan fingerprint density at radius 2 is 1.96 bits per heavy atom. The predicted molar refractivity (Wildman–Crippen MR) is 101 cm³/mol. The third-order valence-electron chi connectivity index (χ3n) is 5.59. The van der Waals surface area contributed by atoms with Gasteiger partial charge in [0, 0.05) is 6.04 Å². The second-order valence-corrected chi connectivity index (χ2v) is 8.87. The standard InChI is InChI=1S/C18H28N4O3S/c1-13-5-4-6-17(14(13)2)22-11-19-18(20-12-22)21-26(23,24)16-9-7-15(25-3)8-10-16/h7-10,13-14,17H,4-6,11-12H2,1-3H3,(H2,19,20,21)/t13-,14+,17+/m0/s1. The topological polar surface area (TPSA) is 83.0 Å². The van der Waals surface area contributed by atoms with Crippen molar-refractivity contribution in [3.63, 3.8) is 0 Å². The van der Waals surface area contributed by atoms with Crippen molar-refractivity contribution in [2.24, 2.45) is 16.8 Å². The number of benzene rings is 1. The summed E-state index contributed by atoms with van der Waals surface area (Å²) in [4.78, 5) is 6.88. The van der Waals surface area contributed by atoms with Crippen molar-refractivity contribution in [2.75, 3.05) is 20.4 Å². The zero-order chi connectivity index (χ0) is 18.7. The molecule has 2 aliphatic rings. The molecule has 1 aromatic carbocycles. The van der Waals surface area contributed by atoms with E-state index in [1.165, 1.54) is 31.4 Å². The first-order valence-corrected chi connectivity index (χ1v) is 10.6. The summed E-state index contributed by atoms with van der Waals surface area (Å²) in [5, 5.41) is 3.11. The van der Waals surface area contributed by atoms with E-state index in [0.717, 1.165) is 0 Å². The predicted octanol–water partition coefficient (Wildman–Crippen LogP) is 1.97. The normalized spacial score (nSPS) is 27.3. The number of sulfonamides is 1. The van der Waals surface area contributed by atoms with Crippen LogP contribution < -0.4 is 14.8 Å². The lowest BCUT2D eigenvalue weighted by atomic mass is 9.77. The van der Waals surface area contributed by atoms with Crippen LogP contribution in [0.1, 0.15) is 33.1 Å². The Morgan fingerprint density at radius 1 is 1.23 bits per heavy atom. The molecule has 2 N–H and O–H groups in total. The van der Waals surface area contributed by atoms with Crippen LogP contribution in [0.4, 0.5) is 0 Å². The molecule has 0 saturated heterocycles. The van der Waals surface area contributed by atoms with E-state index in [4.69, 9.17) is 4.74 Å². The van der Waals surface area contributed by atoms with Gasteiger partial charge in [-0.2, -0.15) is 0 Å². The second kappa shape index (κ2) is 7.84. The van der Waals surface area contributed by atoms with Gasteiger partial charge in [0.15, 0.2) is 0 Å². The summed E-state index contributed by atoms with van der Waals surface area (Å²) in [5.41, 5.74) is 0. The molecule has 0 spiro atoms. The van der Waals surface area contributed by atoms with Gasteiger partial charge in [0.1, 0.15) is 5.75 Å². The van der Waals surface area contributed by atoms with Crippen molar-refractivity contribution in [1.29, 1.82) is 0 Å². The Bertz CT molecular complexity index is 748. The smallest absolute Gasteiger partial charge is 0.264 e. The molecule has 26 heavy (non-hydrogen) atoms. The van der Waals surface area contributed by atoms with Gasteiger partial charge in [-0.3, -0.25) is 4.90 Å². The third kappa shape index (κ3) is 4.12. The largest absolute Gasteiger partial charge is 0.497 e. The monoisotopic (exact) mass is 380 g/mol. The molecule has 1 fully saturated rings. The number of methoxy groups -OCH3 is 1. The summed E-state index contributed by atoms with van der Waals surface area (Å²) in [6, 6.07) is 6.77. The summed E-state index contributed by atoms with van der Waals surface area (Å²) in [6.45, 7) is 5.73. The maximum atomic E-state index is 12.5. The van der Waals surface area contributed by atoms with E-state index in [1.807, 2.05) is 0 Å². The van der Waals surface area contributed by atoms with Crippen molar-refractivity contribution in [2.45, 2.75) is 44.0 Å². The first kappa shape index (κ1) is 19.0. The molecule has 1 aliphatic carbocycles. The molecule has 0 aromatic heterocycles. The van der Waals surface area contributed by atoms with Gasteiger partial charge in [0.25, 0.3) is 10.0 Å². The summed E-state index contributed by atoms with van der Waals surface area (Å²) >= 11 is 0. The van der Waals surface area contributed by atoms with Crippen LogP contribution in [0.3, 0.4) is 0 Å². The molecule has 0 amide bonds. The van der Waals surface area contributed by atoms with Crippen LogP contribution >= 0.6 is 0 Å². The lowest BCUT2D eigenvalue weighted by Gasteiger charge is -2.42. The summed E-state index contributed by atoms with van der Waals surface area (Å²) < 4.78 is 32.6. The van der Waals surface area contributed by atoms with Crippen LogP contribution in [0.2, 0.25) is 0 Å². The van der Waals surface area contributed by atoms with E-state index in [9.17, 15) is 8.42 Å². The fourth-order valence-corrected chi connectivity index (χ4v) is 4.75. The average Bonchev–Trinajstić information content (AvgIpc) is 2.64. The van der Waals surface area contributed by atoms with Gasteiger partial charge in [-0.25, -0.2) is 18.1 Å². The number of rotatable bonds is 4. The van der Waals surface area contributed by atoms with Gasteiger partial charge in [-0.05, 0) is 42.5 Å². The lowest BCUT2D eigenvalue weighted by molar-refractivity contribution is 0.0768. The molecule has 0 radical (unpaired) electrons. The fraction of sp³-hybridized carbons (Fsp3) is 0.611. The van der Waals surface area contributed by atoms with Crippen LogP contribution in [0, 0.1) is 11.8 Å². The van der Waals surface area contributed by atoms with Crippen molar-refractivity contribution in [3.05, 3.63) is 24.3 Å². The molecule has 3 rings (SSSR count).